The highest BCUT2D eigenvalue weighted by molar-refractivity contribution is 7.20. The Morgan fingerprint density at radius 3 is 3.05 bits per heavy atom. The average molecular weight is 271 g/mol. The molecular formula is C13H13N5S. The third-order valence-corrected chi connectivity index (χ3v) is 4.22. The molecule has 19 heavy (non-hydrogen) atoms. The molecule has 1 aromatic carbocycles. The molecule has 2 aromatic heterocycles. The first kappa shape index (κ1) is 11.1. The van der Waals surface area contributed by atoms with E-state index >= 15 is 0 Å². The zero-order valence-corrected chi connectivity index (χ0v) is 11.1. The number of hydrogen-bond donors (Lipinski definition) is 1. The largest absolute Gasteiger partial charge is 0.307 e. The van der Waals surface area contributed by atoms with Crippen LogP contribution < -0.4 is 5.32 Å². The minimum absolute atomic E-state index is 0.667. The predicted molar refractivity (Wildman–Crippen MR) is 74.4 cm³/mol. The van der Waals surface area contributed by atoms with Gasteiger partial charge in [0.25, 0.3) is 0 Å². The van der Waals surface area contributed by atoms with Crippen molar-refractivity contribution in [2.75, 3.05) is 0 Å². The van der Waals surface area contributed by atoms with Crippen LogP contribution in [0.25, 0.3) is 15.3 Å². The van der Waals surface area contributed by atoms with E-state index in [4.69, 9.17) is 0 Å². The molecule has 2 heterocycles. The number of thiazole rings is 1. The summed E-state index contributed by atoms with van der Waals surface area (Å²) in [7, 11) is 0. The standard InChI is InChI=1S/C13H13N5S/c1-2-4-11-10(3-1)17-13(19-11)18-12(15-8-16-18)7-14-9-5-6-9/h1-4,8-9,14H,5-7H2. The van der Waals surface area contributed by atoms with Crippen LogP contribution >= 0.6 is 11.3 Å². The number of fused-ring (bicyclic) bond motifs is 1. The van der Waals surface area contributed by atoms with Gasteiger partial charge in [-0.25, -0.2) is 9.97 Å². The number of nitrogens with one attached hydrogen (secondary N) is 1. The molecule has 96 valence electrons. The molecule has 1 fully saturated rings. The van der Waals surface area contributed by atoms with Crippen molar-refractivity contribution in [2.45, 2.75) is 25.4 Å². The molecule has 0 atom stereocenters. The Kier molecular flexibility index (Phi) is 2.56. The number of rotatable bonds is 4. The van der Waals surface area contributed by atoms with E-state index in [1.165, 1.54) is 17.5 Å². The van der Waals surface area contributed by atoms with Gasteiger partial charge in [0.2, 0.25) is 5.13 Å². The predicted octanol–water partition coefficient (Wildman–Crippen LogP) is 2.13. The van der Waals surface area contributed by atoms with Crippen molar-refractivity contribution in [2.24, 2.45) is 0 Å². The molecule has 6 heteroatoms. The summed E-state index contributed by atoms with van der Waals surface area (Å²) in [5.74, 6) is 0.922. The van der Waals surface area contributed by atoms with E-state index in [0.29, 0.717) is 6.04 Å². The summed E-state index contributed by atoms with van der Waals surface area (Å²) < 4.78 is 3.01. The molecule has 1 aliphatic rings. The lowest BCUT2D eigenvalue weighted by molar-refractivity contribution is 0.637. The van der Waals surface area contributed by atoms with E-state index in [1.54, 1.807) is 17.7 Å². The monoisotopic (exact) mass is 271 g/mol. The van der Waals surface area contributed by atoms with Gasteiger partial charge in [0.1, 0.15) is 12.2 Å². The fraction of sp³-hybridized carbons (Fsp3) is 0.308. The summed E-state index contributed by atoms with van der Waals surface area (Å²) in [6, 6.07) is 8.80. The molecule has 0 radical (unpaired) electrons. The molecule has 4 rings (SSSR count). The Bertz CT molecular complexity index is 679. The smallest absolute Gasteiger partial charge is 0.213 e. The summed E-state index contributed by atoms with van der Waals surface area (Å²) in [6.07, 6.45) is 4.14. The van der Waals surface area contributed by atoms with Gasteiger partial charge < -0.3 is 5.32 Å². The molecule has 1 aliphatic carbocycles. The zero-order chi connectivity index (χ0) is 12.7. The highest BCUT2D eigenvalue weighted by atomic mass is 32.1. The molecule has 1 N–H and O–H groups in total. The average Bonchev–Trinajstić information content (AvgIpc) is 3.00. The Morgan fingerprint density at radius 1 is 1.32 bits per heavy atom. The SMILES string of the molecule is c1ccc2sc(-n3ncnc3CNC3CC3)nc2c1. The Hall–Kier alpha value is -1.79. The molecule has 3 aromatic rings. The maximum atomic E-state index is 4.61. The van der Waals surface area contributed by atoms with E-state index < -0.39 is 0 Å². The number of hydrogen-bond acceptors (Lipinski definition) is 5. The van der Waals surface area contributed by atoms with Crippen molar-refractivity contribution in [1.29, 1.82) is 0 Å². The first-order valence-corrected chi connectivity index (χ1v) is 7.20. The number of aromatic nitrogens is 4. The first-order chi connectivity index (χ1) is 9.40. The Morgan fingerprint density at radius 2 is 2.21 bits per heavy atom. The van der Waals surface area contributed by atoms with Crippen LogP contribution in [0.3, 0.4) is 0 Å². The summed E-state index contributed by atoms with van der Waals surface area (Å²) in [6.45, 7) is 0.751. The van der Waals surface area contributed by atoms with Crippen molar-refractivity contribution in [1.82, 2.24) is 25.1 Å². The van der Waals surface area contributed by atoms with Gasteiger partial charge in [-0.15, -0.1) is 0 Å². The molecule has 5 nitrogen and oxygen atoms in total. The van der Waals surface area contributed by atoms with E-state index in [1.807, 2.05) is 22.9 Å². The van der Waals surface area contributed by atoms with Gasteiger partial charge in [0.15, 0.2) is 0 Å². The van der Waals surface area contributed by atoms with Crippen LogP contribution in [-0.2, 0) is 6.54 Å². The molecule has 1 saturated carbocycles. The van der Waals surface area contributed by atoms with Gasteiger partial charge in [0, 0.05) is 6.04 Å². The lowest BCUT2D eigenvalue weighted by Gasteiger charge is -2.02. The third-order valence-electron chi connectivity index (χ3n) is 3.21. The fourth-order valence-corrected chi connectivity index (χ4v) is 2.96. The van der Waals surface area contributed by atoms with Gasteiger partial charge in [0.05, 0.1) is 16.8 Å². The highest BCUT2D eigenvalue weighted by Crippen LogP contribution is 2.25. The minimum Gasteiger partial charge on any atom is -0.307 e. The van der Waals surface area contributed by atoms with Crippen LogP contribution in [-0.4, -0.2) is 25.8 Å². The van der Waals surface area contributed by atoms with Crippen molar-refractivity contribution >= 4 is 21.6 Å². The molecule has 0 spiro atoms. The maximum absolute atomic E-state index is 4.61. The van der Waals surface area contributed by atoms with Crippen LogP contribution in [0.4, 0.5) is 0 Å². The van der Waals surface area contributed by atoms with Crippen LogP contribution in [0.5, 0.6) is 0 Å². The second-order valence-corrected chi connectivity index (χ2v) is 5.72. The second kappa shape index (κ2) is 4.40. The minimum atomic E-state index is 0.667. The van der Waals surface area contributed by atoms with Gasteiger partial charge in [-0.2, -0.15) is 9.78 Å². The van der Waals surface area contributed by atoms with Gasteiger partial charge in [-0.1, -0.05) is 23.5 Å². The number of para-hydroxylation sites is 1. The molecule has 0 bridgehead atoms. The molecule has 0 saturated heterocycles. The van der Waals surface area contributed by atoms with Gasteiger partial charge >= 0.3 is 0 Å². The third kappa shape index (κ3) is 2.13. The second-order valence-electron chi connectivity index (χ2n) is 4.71. The van der Waals surface area contributed by atoms with Crippen molar-refractivity contribution < 1.29 is 0 Å². The van der Waals surface area contributed by atoms with Gasteiger partial charge in [-0.05, 0) is 25.0 Å². The van der Waals surface area contributed by atoms with Crippen molar-refractivity contribution in [3.8, 4) is 5.13 Å². The number of benzene rings is 1. The van der Waals surface area contributed by atoms with E-state index in [0.717, 1.165) is 23.0 Å². The fourth-order valence-electron chi connectivity index (χ4n) is 2.02. The Labute approximate surface area is 114 Å². The van der Waals surface area contributed by atoms with Crippen LogP contribution in [0.2, 0.25) is 0 Å². The normalized spacial score (nSPS) is 15.2. The first-order valence-electron chi connectivity index (χ1n) is 6.38. The van der Waals surface area contributed by atoms with E-state index in [-0.39, 0.29) is 0 Å². The maximum Gasteiger partial charge on any atom is 0.213 e. The van der Waals surface area contributed by atoms with Crippen LogP contribution in [0.15, 0.2) is 30.6 Å². The van der Waals surface area contributed by atoms with Crippen molar-refractivity contribution in [3.05, 3.63) is 36.4 Å². The van der Waals surface area contributed by atoms with Gasteiger partial charge in [-0.3, -0.25) is 0 Å². The van der Waals surface area contributed by atoms with Crippen molar-refractivity contribution in [3.63, 3.8) is 0 Å². The molecule has 0 aliphatic heterocycles. The summed E-state index contributed by atoms with van der Waals surface area (Å²) in [4.78, 5) is 8.93. The summed E-state index contributed by atoms with van der Waals surface area (Å²) >= 11 is 1.64. The molecule has 0 amide bonds. The van der Waals surface area contributed by atoms with E-state index in [2.05, 4.69) is 26.4 Å². The van der Waals surface area contributed by atoms with E-state index in [9.17, 15) is 0 Å². The lowest BCUT2D eigenvalue weighted by Crippen LogP contribution is -2.18. The zero-order valence-electron chi connectivity index (χ0n) is 10.3. The molecule has 0 unspecified atom stereocenters. The topological polar surface area (TPSA) is 55.6 Å². The molecular weight excluding hydrogens is 258 g/mol. The quantitative estimate of drug-likeness (QED) is 0.790. The summed E-state index contributed by atoms with van der Waals surface area (Å²) in [5.41, 5.74) is 1.01. The number of nitrogens with zero attached hydrogens (tertiary/aromatic N) is 4. The Balaban J connectivity index is 1.68. The lowest BCUT2D eigenvalue weighted by atomic mass is 10.3. The van der Waals surface area contributed by atoms with Crippen LogP contribution in [0.1, 0.15) is 18.7 Å². The summed E-state index contributed by atoms with van der Waals surface area (Å²) in [5, 5.41) is 8.63. The van der Waals surface area contributed by atoms with Crippen LogP contribution in [0, 0.1) is 0 Å². The highest BCUT2D eigenvalue weighted by Gasteiger charge is 2.21.